The van der Waals surface area contributed by atoms with E-state index in [4.69, 9.17) is 50.9 Å². The fraction of sp³-hybridized carbons (Fsp3) is 0.692. The highest BCUT2D eigenvalue weighted by Gasteiger charge is 2.38. The summed E-state index contributed by atoms with van der Waals surface area (Å²) in [7, 11) is -3.33. The normalized spacial score (nSPS) is 12.5. The summed E-state index contributed by atoms with van der Waals surface area (Å²) in [6.45, 7) is 1.90. The Kier molecular flexibility index (Phi) is 12.8. The summed E-state index contributed by atoms with van der Waals surface area (Å²) in [5.41, 5.74) is 0. The smallest absolute Gasteiger partial charge is 0.300 e. The number of halogens is 5. The van der Waals surface area contributed by atoms with Gasteiger partial charge >= 0.3 is 7.67 Å². The number of hydrogen-bond acceptors (Lipinski definition) is 3. The maximum atomic E-state index is 13.8. The van der Waals surface area contributed by atoms with Crippen molar-refractivity contribution in [2.24, 2.45) is 0 Å². The Labute approximate surface area is 181 Å². The zero-order valence-corrected chi connectivity index (χ0v) is 19.9. The molecule has 140 valence electrons. The van der Waals surface area contributed by atoms with E-state index in [-0.39, 0.29) is 6.61 Å². The average molecular weight is 568 g/mol. The van der Waals surface area contributed by atoms with Crippen LogP contribution in [0.5, 0.6) is 0 Å². The molecule has 1 aromatic heterocycles. The molecule has 0 spiro atoms. The van der Waals surface area contributed by atoms with E-state index in [1.54, 1.807) is 20.7 Å². The van der Waals surface area contributed by atoms with E-state index in [9.17, 15) is 4.57 Å². The van der Waals surface area contributed by atoms with Gasteiger partial charge < -0.3 is 4.52 Å². The molecule has 0 unspecified atom stereocenters. The van der Waals surface area contributed by atoms with Crippen molar-refractivity contribution in [1.29, 1.82) is 0 Å². The van der Waals surface area contributed by atoms with Gasteiger partial charge in [-0.15, -0.1) is 57.7 Å². The van der Waals surface area contributed by atoms with Crippen LogP contribution in [0, 0.1) is 2.88 Å². The zero-order chi connectivity index (χ0) is 18.0. The Morgan fingerprint density at radius 3 is 1.75 bits per heavy atom. The summed E-state index contributed by atoms with van der Waals surface area (Å²) in [5, 5.41) is 0. The number of rotatable bonds is 13. The molecule has 0 saturated heterocycles. The molecule has 0 aliphatic rings. The molecule has 11 heteroatoms. The first kappa shape index (κ1) is 23.7. The van der Waals surface area contributed by atoms with E-state index >= 15 is 0 Å². The van der Waals surface area contributed by atoms with Crippen LogP contribution in [0.3, 0.4) is 0 Å². The van der Waals surface area contributed by atoms with Gasteiger partial charge in [-0.2, -0.15) is 0 Å². The van der Waals surface area contributed by atoms with Crippen molar-refractivity contribution in [3.8, 4) is 0 Å². The second-order valence-corrected chi connectivity index (χ2v) is 11.6. The number of hydrogen-bond donors (Lipinski definition) is 0. The molecule has 0 atom stereocenters. The Morgan fingerprint density at radius 1 is 0.958 bits per heavy atom. The number of thiophene rings is 1. The molecule has 0 saturated carbocycles. The van der Waals surface area contributed by atoms with Gasteiger partial charge in [-0.05, 0) is 34.7 Å². The van der Waals surface area contributed by atoms with E-state index in [1.165, 1.54) is 0 Å². The highest BCUT2D eigenvalue weighted by atomic mass is 127. The topological polar surface area (TPSA) is 32.8 Å². The minimum atomic E-state index is -3.33. The predicted molar refractivity (Wildman–Crippen MR) is 115 cm³/mol. The third-order valence-electron chi connectivity index (χ3n) is 3.09. The summed E-state index contributed by atoms with van der Waals surface area (Å²) in [4.78, 5) is 1.01. The molecule has 0 aliphatic carbocycles. The van der Waals surface area contributed by atoms with Gasteiger partial charge in [-0.1, -0.05) is 0 Å². The first-order valence-electron chi connectivity index (χ1n) is 7.25. The Bertz CT molecular complexity index is 494. The van der Waals surface area contributed by atoms with Crippen molar-refractivity contribution in [3.63, 3.8) is 0 Å². The van der Waals surface area contributed by atoms with Crippen molar-refractivity contribution in [1.82, 2.24) is 9.34 Å². The van der Waals surface area contributed by atoms with Gasteiger partial charge in [0.1, 0.15) is 0 Å². The van der Waals surface area contributed by atoms with Gasteiger partial charge in [-0.3, -0.25) is 4.57 Å². The van der Waals surface area contributed by atoms with Crippen molar-refractivity contribution in [2.45, 2.75) is 6.61 Å². The summed E-state index contributed by atoms with van der Waals surface area (Å²) >= 11 is 27.4. The molecule has 0 radical (unpaired) electrons. The van der Waals surface area contributed by atoms with E-state index < -0.39 is 7.67 Å². The van der Waals surface area contributed by atoms with E-state index in [1.807, 2.05) is 12.1 Å². The van der Waals surface area contributed by atoms with Gasteiger partial charge in [0.15, 0.2) is 0 Å². The molecule has 1 aromatic rings. The van der Waals surface area contributed by atoms with Crippen LogP contribution in [0.1, 0.15) is 4.88 Å². The van der Waals surface area contributed by atoms with Gasteiger partial charge in [0.2, 0.25) is 0 Å². The largest absolute Gasteiger partial charge is 0.346 e. The van der Waals surface area contributed by atoms with Crippen LogP contribution in [0.25, 0.3) is 0 Å². The maximum Gasteiger partial charge on any atom is 0.346 e. The summed E-state index contributed by atoms with van der Waals surface area (Å²) < 4.78 is 24.3. The molecule has 1 heterocycles. The maximum absolute atomic E-state index is 13.8. The fourth-order valence-electron chi connectivity index (χ4n) is 2.04. The molecule has 24 heavy (non-hydrogen) atoms. The Balaban J connectivity index is 3.03. The van der Waals surface area contributed by atoms with Gasteiger partial charge in [-0.25, -0.2) is 9.34 Å². The van der Waals surface area contributed by atoms with Crippen LogP contribution < -0.4 is 0 Å². The quantitative estimate of drug-likeness (QED) is 0.178. The lowest BCUT2D eigenvalue weighted by molar-refractivity contribution is 0.209. The Morgan fingerprint density at radius 2 is 1.42 bits per heavy atom. The van der Waals surface area contributed by atoms with Gasteiger partial charge in [0, 0.05) is 54.6 Å². The van der Waals surface area contributed by atoms with E-state index in [2.05, 4.69) is 22.6 Å². The second kappa shape index (κ2) is 13.0. The van der Waals surface area contributed by atoms with Crippen LogP contribution in [0.2, 0.25) is 0 Å². The molecular weight excluding hydrogens is 548 g/mol. The third-order valence-corrected chi connectivity index (χ3v) is 8.33. The van der Waals surface area contributed by atoms with Crippen LogP contribution in [0.15, 0.2) is 12.1 Å². The molecule has 0 N–H and O–H groups in total. The first-order chi connectivity index (χ1) is 11.5. The molecule has 0 bridgehead atoms. The highest BCUT2D eigenvalue weighted by molar-refractivity contribution is 14.1. The lowest BCUT2D eigenvalue weighted by atomic mass is 10.5. The minimum absolute atomic E-state index is 0.257. The third kappa shape index (κ3) is 7.37. The molecule has 0 amide bonds. The van der Waals surface area contributed by atoms with Crippen LogP contribution in [-0.2, 0) is 15.7 Å². The average Bonchev–Trinajstić information content (AvgIpc) is 2.98. The number of alkyl halides is 4. The van der Waals surface area contributed by atoms with Crippen molar-refractivity contribution in [3.05, 3.63) is 19.9 Å². The van der Waals surface area contributed by atoms with Crippen LogP contribution in [0.4, 0.5) is 0 Å². The molecule has 0 aliphatic heterocycles. The first-order valence-corrected chi connectivity index (χ1v) is 12.8. The van der Waals surface area contributed by atoms with Crippen molar-refractivity contribution in [2.75, 3.05) is 49.7 Å². The minimum Gasteiger partial charge on any atom is -0.300 e. The standard InChI is InChI=1S/C13H20Cl4IN2O2PS/c14-3-7-19(8-4-15)23(21,20(9-5-16)10-6-17)22-11-12-1-2-13(18)24-12/h1-2H,3-11H2. The summed E-state index contributed by atoms with van der Waals surface area (Å²) in [5.74, 6) is 1.32. The predicted octanol–water partition coefficient (Wildman–Crippen LogP) is 5.54. The Hall–Kier alpha value is 1.70. The van der Waals surface area contributed by atoms with Gasteiger partial charge in [0.05, 0.1) is 9.49 Å². The summed E-state index contributed by atoms with van der Waals surface area (Å²) in [6, 6.07) is 3.97. The van der Waals surface area contributed by atoms with E-state index in [0.717, 1.165) is 7.76 Å². The lowest BCUT2D eigenvalue weighted by Crippen LogP contribution is -2.37. The highest BCUT2D eigenvalue weighted by Crippen LogP contribution is 2.55. The SMILES string of the molecule is O=P(OCc1ccc(I)s1)(N(CCCl)CCCl)N(CCCl)CCCl. The molecule has 0 fully saturated rings. The fourth-order valence-corrected chi connectivity index (χ4v) is 7.48. The van der Waals surface area contributed by atoms with Crippen molar-refractivity contribution < 1.29 is 9.09 Å². The number of nitrogens with zero attached hydrogens (tertiary/aromatic N) is 2. The second-order valence-electron chi connectivity index (χ2n) is 4.63. The molecule has 4 nitrogen and oxygen atoms in total. The monoisotopic (exact) mass is 566 g/mol. The van der Waals surface area contributed by atoms with E-state index in [0.29, 0.717) is 49.7 Å². The van der Waals surface area contributed by atoms with Crippen LogP contribution in [-0.4, -0.2) is 59.0 Å². The summed E-state index contributed by atoms with van der Waals surface area (Å²) in [6.07, 6.45) is 0. The molecular formula is C13H20Cl4IN2O2PS. The van der Waals surface area contributed by atoms with Gasteiger partial charge in [0.25, 0.3) is 0 Å². The van der Waals surface area contributed by atoms with Crippen molar-refractivity contribution >= 4 is 88.0 Å². The van der Waals surface area contributed by atoms with Crippen LogP contribution >= 0.6 is 88.0 Å². The lowest BCUT2D eigenvalue weighted by Gasteiger charge is -2.37. The molecule has 0 aromatic carbocycles. The zero-order valence-electron chi connectivity index (χ0n) is 13.0. The molecule has 1 rings (SSSR count).